The van der Waals surface area contributed by atoms with Crippen LogP contribution in [-0.4, -0.2) is 50.7 Å². The van der Waals surface area contributed by atoms with Gasteiger partial charge >= 0.3 is 0 Å². The molecule has 0 bridgehead atoms. The van der Waals surface area contributed by atoms with Gasteiger partial charge in [-0.15, -0.1) is 0 Å². The largest absolute Gasteiger partial charge is 0.339 e. The summed E-state index contributed by atoms with van der Waals surface area (Å²) >= 11 is 0. The molecular formula is C17H25N5O2. The zero-order valence-corrected chi connectivity index (χ0v) is 14.6. The number of nitrogens with zero attached hydrogens (tertiary/aromatic N) is 5. The number of hydrogen-bond donors (Lipinski definition) is 0. The Morgan fingerprint density at radius 2 is 2.29 bits per heavy atom. The van der Waals surface area contributed by atoms with Gasteiger partial charge in [0, 0.05) is 51.4 Å². The predicted octanol–water partition coefficient (Wildman–Crippen LogP) is 1.04. The Morgan fingerprint density at radius 3 is 3.00 bits per heavy atom. The zero-order chi connectivity index (χ0) is 17.1. The first-order valence-electron chi connectivity index (χ1n) is 8.44. The van der Waals surface area contributed by atoms with Crippen molar-refractivity contribution >= 4 is 0 Å². The van der Waals surface area contributed by atoms with Gasteiger partial charge in [-0.1, -0.05) is 12.1 Å². The fourth-order valence-electron chi connectivity index (χ4n) is 3.11. The highest BCUT2D eigenvalue weighted by atomic mass is 16.5. The van der Waals surface area contributed by atoms with Gasteiger partial charge in [-0.25, -0.2) is 0 Å². The van der Waals surface area contributed by atoms with Gasteiger partial charge in [0.05, 0.1) is 6.54 Å². The third-order valence-electron chi connectivity index (χ3n) is 4.65. The van der Waals surface area contributed by atoms with Crippen molar-refractivity contribution in [2.45, 2.75) is 38.9 Å². The highest BCUT2D eigenvalue weighted by Crippen LogP contribution is 2.18. The number of aryl methyl sites for hydroxylation is 2. The Balaban J connectivity index is 1.54. The fraction of sp³-hybridized carbons (Fsp3) is 0.588. The van der Waals surface area contributed by atoms with Gasteiger partial charge in [0.2, 0.25) is 5.89 Å². The second kappa shape index (κ2) is 7.27. The molecule has 0 aromatic carbocycles. The zero-order valence-electron chi connectivity index (χ0n) is 14.6. The van der Waals surface area contributed by atoms with E-state index in [0.717, 1.165) is 43.9 Å². The molecule has 3 heterocycles. The van der Waals surface area contributed by atoms with Crippen LogP contribution in [0.5, 0.6) is 0 Å². The maximum Gasteiger partial charge on any atom is 0.250 e. The molecule has 1 atom stereocenters. The molecule has 1 saturated heterocycles. The third kappa shape index (κ3) is 3.91. The standard InChI is InChI=1S/C17H25N5O2/c1-4-16-18-15(19-24-16)12-21(3)14-6-8-22(11-14)10-13-5-7-20(2)17(23)9-13/h5,7,9,14H,4,6,8,10-12H2,1-3H3. The number of rotatable bonds is 6. The van der Waals surface area contributed by atoms with Crippen LogP contribution < -0.4 is 5.56 Å². The molecule has 2 aromatic rings. The molecule has 24 heavy (non-hydrogen) atoms. The van der Waals surface area contributed by atoms with E-state index in [1.165, 1.54) is 0 Å². The van der Waals surface area contributed by atoms with E-state index in [1.807, 2.05) is 19.2 Å². The minimum atomic E-state index is 0.0456. The van der Waals surface area contributed by atoms with Gasteiger partial charge in [0.1, 0.15) is 0 Å². The summed E-state index contributed by atoms with van der Waals surface area (Å²) in [5.41, 5.74) is 1.12. The highest BCUT2D eigenvalue weighted by Gasteiger charge is 2.26. The van der Waals surface area contributed by atoms with Crippen molar-refractivity contribution in [2.24, 2.45) is 7.05 Å². The van der Waals surface area contributed by atoms with Gasteiger partial charge in [0.25, 0.3) is 5.56 Å². The lowest BCUT2D eigenvalue weighted by Gasteiger charge is -2.23. The first-order valence-corrected chi connectivity index (χ1v) is 8.44. The van der Waals surface area contributed by atoms with Crippen molar-refractivity contribution in [3.8, 4) is 0 Å². The molecule has 0 N–H and O–H groups in total. The maximum absolute atomic E-state index is 11.7. The molecule has 1 fully saturated rings. The maximum atomic E-state index is 11.7. The summed E-state index contributed by atoms with van der Waals surface area (Å²) in [7, 11) is 3.88. The molecular weight excluding hydrogens is 306 g/mol. The molecule has 7 heteroatoms. The lowest BCUT2D eigenvalue weighted by molar-refractivity contribution is 0.216. The van der Waals surface area contributed by atoms with Crippen LogP contribution in [-0.2, 0) is 26.6 Å². The summed E-state index contributed by atoms with van der Waals surface area (Å²) in [6.45, 7) is 5.56. The summed E-state index contributed by atoms with van der Waals surface area (Å²) in [5.74, 6) is 1.44. The quantitative estimate of drug-likeness (QED) is 0.788. The minimum absolute atomic E-state index is 0.0456. The SMILES string of the molecule is CCc1nc(CN(C)C2CCN(Cc3ccn(C)c(=O)c3)C2)no1. The second-order valence-corrected chi connectivity index (χ2v) is 6.53. The first-order chi connectivity index (χ1) is 11.5. The highest BCUT2D eigenvalue weighted by molar-refractivity contribution is 5.11. The van der Waals surface area contributed by atoms with Gasteiger partial charge < -0.3 is 9.09 Å². The van der Waals surface area contributed by atoms with Gasteiger partial charge in [-0.05, 0) is 25.1 Å². The summed E-state index contributed by atoms with van der Waals surface area (Å²) < 4.78 is 6.77. The van der Waals surface area contributed by atoms with Crippen molar-refractivity contribution in [2.75, 3.05) is 20.1 Å². The van der Waals surface area contributed by atoms with Crippen molar-refractivity contribution in [1.82, 2.24) is 24.5 Å². The molecule has 3 rings (SSSR count). The molecule has 0 saturated carbocycles. The molecule has 0 radical (unpaired) electrons. The Kier molecular flexibility index (Phi) is 5.11. The molecule has 1 aliphatic heterocycles. The Labute approximate surface area is 141 Å². The summed E-state index contributed by atoms with van der Waals surface area (Å²) in [5, 5.41) is 4.02. The van der Waals surface area contributed by atoms with Gasteiger partial charge in [-0.2, -0.15) is 4.98 Å². The van der Waals surface area contributed by atoms with E-state index in [2.05, 4.69) is 27.0 Å². The molecule has 1 aliphatic rings. The average Bonchev–Trinajstić information content (AvgIpc) is 3.20. The molecule has 0 spiro atoms. The molecule has 0 amide bonds. The normalized spacial score (nSPS) is 18.6. The second-order valence-electron chi connectivity index (χ2n) is 6.53. The monoisotopic (exact) mass is 331 g/mol. The molecule has 130 valence electrons. The topological polar surface area (TPSA) is 67.4 Å². The van der Waals surface area contributed by atoms with Crippen LogP contribution in [0.15, 0.2) is 27.6 Å². The van der Waals surface area contributed by atoms with Gasteiger partial charge in [-0.3, -0.25) is 14.6 Å². The summed E-state index contributed by atoms with van der Waals surface area (Å²) in [4.78, 5) is 20.8. The van der Waals surface area contributed by atoms with Crippen LogP contribution in [0.25, 0.3) is 0 Å². The van der Waals surface area contributed by atoms with Crippen molar-refractivity contribution in [3.05, 3.63) is 46.0 Å². The summed E-state index contributed by atoms with van der Waals surface area (Å²) in [6.07, 6.45) is 3.71. The van der Waals surface area contributed by atoms with Crippen LogP contribution in [0.3, 0.4) is 0 Å². The van der Waals surface area contributed by atoms with Crippen LogP contribution in [0.1, 0.15) is 30.6 Å². The number of pyridine rings is 1. The van der Waals surface area contributed by atoms with Crippen LogP contribution >= 0.6 is 0 Å². The van der Waals surface area contributed by atoms with E-state index in [-0.39, 0.29) is 5.56 Å². The average molecular weight is 331 g/mol. The fourth-order valence-corrected chi connectivity index (χ4v) is 3.11. The third-order valence-corrected chi connectivity index (χ3v) is 4.65. The van der Waals surface area contributed by atoms with E-state index in [1.54, 1.807) is 17.7 Å². The molecule has 0 aliphatic carbocycles. The lowest BCUT2D eigenvalue weighted by Crippen LogP contribution is -2.34. The van der Waals surface area contributed by atoms with Gasteiger partial charge in [0.15, 0.2) is 5.82 Å². The van der Waals surface area contributed by atoms with E-state index in [0.29, 0.717) is 18.5 Å². The Bertz CT molecular complexity index is 739. The smallest absolute Gasteiger partial charge is 0.250 e. The Hall–Kier alpha value is -1.99. The minimum Gasteiger partial charge on any atom is -0.339 e. The van der Waals surface area contributed by atoms with Crippen LogP contribution in [0, 0.1) is 0 Å². The Morgan fingerprint density at radius 1 is 1.46 bits per heavy atom. The van der Waals surface area contributed by atoms with E-state index in [4.69, 9.17) is 4.52 Å². The number of aromatic nitrogens is 3. The van der Waals surface area contributed by atoms with Crippen molar-refractivity contribution in [1.29, 1.82) is 0 Å². The first kappa shape index (κ1) is 16.9. The number of likely N-dealkylation sites (N-methyl/N-ethyl adjacent to an activating group) is 1. The van der Waals surface area contributed by atoms with Crippen molar-refractivity contribution < 1.29 is 4.52 Å². The van der Waals surface area contributed by atoms with E-state index >= 15 is 0 Å². The summed E-state index contributed by atoms with van der Waals surface area (Å²) in [6, 6.07) is 4.22. The molecule has 1 unspecified atom stereocenters. The lowest BCUT2D eigenvalue weighted by atomic mass is 10.2. The molecule has 2 aromatic heterocycles. The van der Waals surface area contributed by atoms with Crippen molar-refractivity contribution in [3.63, 3.8) is 0 Å². The van der Waals surface area contributed by atoms with E-state index < -0.39 is 0 Å². The van der Waals surface area contributed by atoms with E-state index in [9.17, 15) is 4.79 Å². The molecule has 7 nitrogen and oxygen atoms in total. The number of hydrogen-bond acceptors (Lipinski definition) is 6. The number of likely N-dealkylation sites (tertiary alicyclic amines) is 1. The van der Waals surface area contributed by atoms with Crippen LogP contribution in [0.2, 0.25) is 0 Å². The predicted molar refractivity (Wildman–Crippen MR) is 90.5 cm³/mol. The van der Waals surface area contributed by atoms with Crippen LogP contribution in [0.4, 0.5) is 0 Å².